The molecule has 2 rings (SSSR count). The SMILES string of the molecule is CC1(O)CCCN(C(=O)CNC2CC2)C1. The van der Waals surface area contributed by atoms with Crippen LogP contribution in [0.1, 0.15) is 32.6 Å². The lowest BCUT2D eigenvalue weighted by Gasteiger charge is -2.36. The molecule has 0 radical (unpaired) electrons. The fraction of sp³-hybridized carbons (Fsp3) is 0.909. The van der Waals surface area contributed by atoms with E-state index in [1.165, 1.54) is 12.8 Å². The number of aliphatic hydroxyl groups is 1. The molecule has 4 nitrogen and oxygen atoms in total. The molecule has 0 aromatic heterocycles. The van der Waals surface area contributed by atoms with E-state index in [2.05, 4.69) is 5.32 Å². The number of likely N-dealkylation sites (tertiary alicyclic amines) is 1. The fourth-order valence-corrected chi connectivity index (χ4v) is 2.06. The Balaban J connectivity index is 1.78. The third kappa shape index (κ3) is 3.18. The summed E-state index contributed by atoms with van der Waals surface area (Å²) < 4.78 is 0. The first kappa shape index (κ1) is 10.9. The minimum absolute atomic E-state index is 0.127. The molecule has 2 aliphatic rings. The maximum Gasteiger partial charge on any atom is 0.236 e. The van der Waals surface area contributed by atoms with Gasteiger partial charge in [0.2, 0.25) is 5.91 Å². The van der Waals surface area contributed by atoms with Crippen LogP contribution >= 0.6 is 0 Å². The number of hydrogen-bond acceptors (Lipinski definition) is 3. The standard InChI is InChI=1S/C11H20N2O2/c1-11(15)5-2-6-13(8-11)10(14)7-12-9-3-4-9/h9,12,15H,2-8H2,1H3. The molecule has 15 heavy (non-hydrogen) atoms. The van der Waals surface area contributed by atoms with Crippen LogP contribution in [0.25, 0.3) is 0 Å². The molecular weight excluding hydrogens is 192 g/mol. The summed E-state index contributed by atoms with van der Waals surface area (Å²) in [4.78, 5) is 13.5. The molecule has 0 bridgehead atoms. The van der Waals surface area contributed by atoms with E-state index in [1.807, 2.05) is 0 Å². The van der Waals surface area contributed by atoms with Gasteiger partial charge in [-0.05, 0) is 32.6 Å². The Morgan fingerprint density at radius 1 is 1.60 bits per heavy atom. The zero-order valence-corrected chi connectivity index (χ0v) is 9.33. The van der Waals surface area contributed by atoms with Crippen LogP contribution in [-0.2, 0) is 4.79 Å². The number of nitrogens with one attached hydrogen (secondary N) is 1. The number of amides is 1. The van der Waals surface area contributed by atoms with Gasteiger partial charge < -0.3 is 15.3 Å². The quantitative estimate of drug-likeness (QED) is 0.698. The van der Waals surface area contributed by atoms with Crippen molar-refractivity contribution < 1.29 is 9.90 Å². The van der Waals surface area contributed by atoms with Gasteiger partial charge in [-0.1, -0.05) is 0 Å². The maximum atomic E-state index is 11.8. The van der Waals surface area contributed by atoms with Gasteiger partial charge in [0.05, 0.1) is 12.1 Å². The molecule has 1 atom stereocenters. The van der Waals surface area contributed by atoms with E-state index in [0.29, 0.717) is 19.1 Å². The Hall–Kier alpha value is -0.610. The van der Waals surface area contributed by atoms with Crippen molar-refractivity contribution in [3.63, 3.8) is 0 Å². The second kappa shape index (κ2) is 4.10. The number of carbonyl (C=O) groups excluding carboxylic acids is 1. The van der Waals surface area contributed by atoms with Gasteiger partial charge >= 0.3 is 0 Å². The van der Waals surface area contributed by atoms with Crippen molar-refractivity contribution in [2.24, 2.45) is 0 Å². The van der Waals surface area contributed by atoms with Crippen molar-refractivity contribution in [3.8, 4) is 0 Å². The predicted molar refractivity (Wildman–Crippen MR) is 57.5 cm³/mol. The molecule has 1 aliphatic carbocycles. The lowest BCUT2D eigenvalue weighted by atomic mass is 9.95. The molecule has 4 heteroatoms. The first-order chi connectivity index (χ1) is 7.07. The van der Waals surface area contributed by atoms with Crippen molar-refractivity contribution in [1.29, 1.82) is 0 Å². The van der Waals surface area contributed by atoms with E-state index < -0.39 is 5.60 Å². The summed E-state index contributed by atoms with van der Waals surface area (Å²) >= 11 is 0. The topological polar surface area (TPSA) is 52.6 Å². The van der Waals surface area contributed by atoms with Crippen molar-refractivity contribution in [1.82, 2.24) is 10.2 Å². The van der Waals surface area contributed by atoms with Crippen LogP contribution < -0.4 is 5.32 Å². The van der Waals surface area contributed by atoms with E-state index in [1.54, 1.807) is 11.8 Å². The first-order valence-electron chi connectivity index (χ1n) is 5.80. The predicted octanol–water partition coefficient (Wildman–Crippen LogP) is 0.112. The highest BCUT2D eigenvalue weighted by molar-refractivity contribution is 5.78. The van der Waals surface area contributed by atoms with Gasteiger partial charge in [-0.2, -0.15) is 0 Å². The summed E-state index contributed by atoms with van der Waals surface area (Å²) in [6.07, 6.45) is 4.10. The van der Waals surface area contributed by atoms with Crippen LogP contribution in [0.3, 0.4) is 0 Å². The van der Waals surface area contributed by atoms with Gasteiger partial charge in [0.25, 0.3) is 0 Å². The first-order valence-corrected chi connectivity index (χ1v) is 5.80. The van der Waals surface area contributed by atoms with Gasteiger partial charge in [0.15, 0.2) is 0 Å². The van der Waals surface area contributed by atoms with E-state index >= 15 is 0 Å². The zero-order valence-electron chi connectivity index (χ0n) is 9.33. The average molecular weight is 212 g/mol. The summed E-state index contributed by atoms with van der Waals surface area (Å²) in [6, 6.07) is 0.569. The van der Waals surface area contributed by atoms with Gasteiger partial charge in [-0.15, -0.1) is 0 Å². The molecule has 1 saturated heterocycles. The number of piperidine rings is 1. The van der Waals surface area contributed by atoms with Crippen LogP contribution in [0.5, 0.6) is 0 Å². The van der Waals surface area contributed by atoms with E-state index in [0.717, 1.165) is 19.4 Å². The summed E-state index contributed by atoms with van der Waals surface area (Å²) in [5.74, 6) is 0.127. The smallest absolute Gasteiger partial charge is 0.236 e. The second-order valence-electron chi connectivity index (χ2n) is 5.07. The van der Waals surface area contributed by atoms with Crippen LogP contribution in [0.4, 0.5) is 0 Å². The molecule has 0 aromatic carbocycles. The lowest BCUT2D eigenvalue weighted by Crippen LogP contribution is -2.50. The van der Waals surface area contributed by atoms with E-state index in [-0.39, 0.29) is 5.91 Å². The molecule has 1 saturated carbocycles. The molecule has 0 spiro atoms. The fourth-order valence-electron chi connectivity index (χ4n) is 2.06. The monoisotopic (exact) mass is 212 g/mol. The number of rotatable bonds is 3. The molecule has 1 aliphatic heterocycles. The zero-order chi connectivity index (χ0) is 10.9. The Morgan fingerprint density at radius 3 is 2.93 bits per heavy atom. The second-order valence-corrected chi connectivity index (χ2v) is 5.07. The highest BCUT2D eigenvalue weighted by Gasteiger charge is 2.31. The largest absolute Gasteiger partial charge is 0.388 e. The van der Waals surface area contributed by atoms with Crippen molar-refractivity contribution in [2.45, 2.75) is 44.2 Å². The normalized spacial score (nSPS) is 31.7. The lowest BCUT2D eigenvalue weighted by molar-refractivity contribution is -0.136. The molecule has 86 valence electrons. The minimum atomic E-state index is -0.687. The Morgan fingerprint density at radius 2 is 2.33 bits per heavy atom. The molecule has 1 amide bonds. The molecule has 2 fully saturated rings. The van der Waals surface area contributed by atoms with Gasteiger partial charge in [-0.25, -0.2) is 0 Å². The van der Waals surface area contributed by atoms with Crippen molar-refractivity contribution in [2.75, 3.05) is 19.6 Å². The number of β-amino-alcohol motifs (C(OH)–C–C–N with tert-alkyl or cyclic N) is 1. The number of carbonyl (C=O) groups is 1. The van der Waals surface area contributed by atoms with Crippen LogP contribution in [0, 0.1) is 0 Å². The molecule has 2 N–H and O–H groups in total. The average Bonchev–Trinajstić information content (AvgIpc) is 2.96. The molecular formula is C11H20N2O2. The molecule has 0 aromatic rings. The maximum absolute atomic E-state index is 11.8. The summed E-state index contributed by atoms with van der Waals surface area (Å²) in [7, 11) is 0. The van der Waals surface area contributed by atoms with Gasteiger partial charge in [0, 0.05) is 19.1 Å². The third-order valence-electron chi connectivity index (χ3n) is 3.15. The van der Waals surface area contributed by atoms with E-state index in [9.17, 15) is 9.90 Å². The highest BCUT2D eigenvalue weighted by atomic mass is 16.3. The highest BCUT2D eigenvalue weighted by Crippen LogP contribution is 2.21. The summed E-state index contributed by atoms with van der Waals surface area (Å²) in [5.41, 5.74) is -0.687. The van der Waals surface area contributed by atoms with Gasteiger partial charge in [-0.3, -0.25) is 4.79 Å². The Bertz CT molecular complexity index is 249. The molecule has 1 heterocycles. The van der Waals surface area contributed by atoms with Crippen LogP contribution in [0.2, 0.25) is 0 Å². The molecule has 1 unspecified atom stereocenters. The van der Waals surface area contributed by atoms with Crippen molar-refractivity contribution >= 4 is 5.91 Å². The third-order valence-corrected chi connectivity index (χ3v) is 3.15. The Kier molecular flexibility index (Phi) is 2.98. The summed E-state index contributed by atoms with van der Waals surface area (Å²) in [6.45, 7) is 3.51. The summed E-state index contributed by atoms with van der Waals surface area (Å²) in [5, 5.41) is 13.1. The number of hydrogen-bond donors (Lipinski definition) is 2. The van der Waals surface area contributed by atoms with Crippen LogP contribution in [0.15, 0.2) is 0 Å². The Labute approximate surface area is 90.6 Å². The minimum Gasteiger partial charge on any atom is -0.388 e. The number of nitrogens with zero attached hydrogens (tertiary/aromatic N) is 1. The van der Waals surface area contributed by atoms with Crippen molar-refractivity contribution in [3.05, 3.63) is 0 Å². The van der Waals surface area contributed by atoms with E-state index in [4.69, 9.17) is 0 Å². The van der Waals surface area contributed by atoms with Gasteiger partial charge in [0.1, 0.15) is 0 Å². The van der Waals surface area contributed by atoms with Crippen LogP contribution in [-0.4, -0.2) is 47.2 Å².